The molecule has 0 aliphatic rings. The van der Waals surface area contributed by atoms with Crippen molar-refractivity contribution in [2.75, 3.05) is 0 Å². The van der Waals surface area contributed by atoms with E-state index in [9.17, 15) is 9.59 Å². The molecule has 0 N–H and O–H groups in total. The Balaban J connectivity index is 4.20. The maximum atomic E-state index is 12.4. The van der Waals surface area contributed by atoms with Crippen LogP contribution in [0.25, 0.3) is 0 Å². The van der Waals surface area contributed by atoms with Crippen molar-refractivity contribution in [2.45, 2.75) is 375 Å². The molecule has 8 nitrogen and oxygen atoms in total. The third-order valence-corrected chi connectivity index (χ3v) is 15.5. The molecule has 0 radical (unpaired) electrons. The van der Waals surface area contributed by atoms with Crippen molar-refractivity contribution in [3.8, 4) is 0 Å². The summed E-state index contributed by atoms with van der Waals surface area (Å²) in [5.41, 5.74) is -1.42. The van der Waals surface area contributed by atoms with Crippen molar-refractivity contribution in [1.82, 2.24) is 0 Å². The van der Waals surface area contributed by atoms with Gasteiger partial charge in [0.2, 0.25) is 0 Å². The van der Waals surface area contributed by atoms with Gasteiger partial charge < -0.3 is 0 Å². The summed E-state index contributed by atoms with van der Waals surface area (Å²) < 4.78 is 0. The Bertz CT molecular complexity index is 1010. The first-order chi connectivity index (χ1) is 34.1. The van der Waals surface area contributed by atoms with Gasteiger partial charge in [-0.25, -0.2) is 9.59 Å². The van der Waals surface area contributed by atoms with E-state index in [1.807, 2.05) is 27.7 Å². The quantitative estimate of drug-likeness (QED) is 0.0258. The first kappa shape index (κ1) is 68.8. The highest BCUT2D eigenvalue weighted by molar-refractivity contribution is 6.29. The molecule has 0 aromatic rings. The Morgan fingerprint density at radius 1 is 0.271 bits per heavy atom. The van der Waals surface area contributed by atoms with Gasteiger partial charge in [0.1, 0.15) is 11.2 Å². The van der Waals surface area contributed by atoms with Crippen molar-refractivity contribution in [3.63, 3.8) is 0 Å². The molecule has 0 aliphatic heterocycles. The lowest BCUT2D eigenvalue weighted by atomic mass is 9.82. The highest BCUT2D eigenvalue weighted by atomic mass is 17.5. The van der Waals surface area contributed by atoms with Gasteiger partial charge in [0.05, 0.1) is 0 Å². The molecule has 8 heteroatoms. The van der Waals surface area contributed by atoms with Crippen molar-refractivity contribution in [3.05, 3.63) is 0 Å². The van der Waals surface area contributed by atoms with Gasteiger partial charge in [-0.15, -0.1) is 0 Å². The zero-order chi connectivity index (χ0) is 51.5. The topological polar surface area (TPSA) is 89.5 Å². The third-order valence-electron chi connectivity index (χ3n) is 15.5. The summed E-state index contributed by atoms with van der Waals surface area (Å²) in [7, 11) is 0. The van der Waals surface area contributed by atoms with E-state index in [1.54, 1.807) is 0 Å². The first-order valence-corrected chi connectivity index (χ1v) is 31.2. The van der Waals surface area contributed by atoms with E-state index >= 15 is 0 Å². The van der Waals surface area contributed by atoms with Crippen LogP contribution < -0.4 is 0 Å². The molecule has 0 amide bonds. The monoisotopic (exact) mass is 995 g/mol. The van der Waals surface area contributed by atoms with Crippen molar-refractivity contribution >= 4 is 11.9 Å². The summed E-state index contributed by atoms with van der Waals surface area (Å²) in [6, 6.07) is 0. The van der Waals surface area contributed by atoms with Crippen LogP contribution in [0.1, 0.15) is 364 Å². The second-order valence-electron chi connectivity index (χ2n) is 22.9. The summed E-state index contributed by atoms with van der Waals surface area (Å²) in [5, 5.41) is 9.81. The molecule has 0 bridgehead atoms. The van der Waals surface area contributed by atoms with Crippen LogP contribution in [0, 0.1) is 11.8 Å². The van der Waals surface area contributed by atoms with E-state index in [-0.39, 0.29) is 11.8 Å². The lowest BCUT2D eigenvalue weighted by molar-refractivity contribution is -0.530. The van der Waals surface area contributed by atoms with E-state index in [1.165, 1.54) is 244 Å². The lowest BCUT2D eigenvalue weighted by Gasteiger charge is -2.32. The van der Waals surface area contributed by atoms with Crippen LogP contribution in [-0.2, 0) is 39.2 Å². The highest BCUT2D eigenvalue weighted by Crippen LogP contribution is 2.33. The molecule has 0 aromatic heterocycles. The number of hydrogen-bond acceptors (Lipinski definition) is 8. The average Bonchev–Trinajstić information content (AvgIpc) is 3.34. The van der Waals surface area contributed by atoms with E-state index in [0.29, 0.717) is 0 Å². The van der Waals surface area contributed by atoms with Gasteiger partial charge in [-0.2, -0.15) is 9.78 Å². The van der Waals surface area contributed by atoms with Gasteiger partial charge in [-0.3, -0.25) is 9.78 Å². The molecule has 0 aromatic carbocycles. The molecule has 0 saturated carbocycles. The SMILES string of the molecule is CCCCCCCCCCCCCCCCCCCCCCC(CCCC)C(C)(C)OOOC(=O)C(=O)OOOC(C)(C)C(CCCC)CCCCCCCCCCCCCCCCCCCCCC. The highest BCUT2D eigenvalue weighted by Gasteiger charge is 2.34. The van der Waals surface area contributed by atoms with Crippen LogP contribution in [0.3, 0.4) is 0 Å². The molecule has 0 spiro atoms. The van der Waals surface area contributed by atoms with Crippen molar-refractivity contribution < 1.29 is 39.2 Å². The summed E-state index contributed by atoms with van der Waals surface area (Å²) in [6.45, 7) is 16.8. The van der Waals surface area contributed by atoms with E-state index in [4.69, 9.17) is 29.6 Å². The molecule has 0 rings (SSSR count). The molecule has 418 valence electrons. The van der Waals surface area contributed by atoms with E-state index < -0.39 is 23.1 Å². The Morgan fingerprint density at radius 3 is 0.643 bits per heavy atom. The minimum Gasteiger partial charge on any atom is -0.255 e. The second-order valence-corrected chi connectivity index (χ2v) is 22.9. The zero-order valence-electron chi connectivity index (χ0n) is 48.4. The fraction of sp³-hybridized carbons (Fsp3) is 0.968. The second kappa shape index (κ2) is 51.3. The van der Waals surface area contributed by atoms with Crippen LogP contribution in [0.5, 0.6) is 0 Å². The van der Waals surface area contributed by atoms with Crippen molar-refractivity contribution in [2.24, 2.45) is 11.8 Å². The third kappa shape index (κ3) is 44.3. The number of unbranched alkanes of at least 4 members (excludes halogenated alkanes) is 40. The molecular formula is C62H122O8. The van der Waals surface area contributed by atoms with Crippen LogP contribution in [-0.4, -0.2) is 23.1 Å². The normalized spacial score (nSPS) is 13.0. The number of carbonyl (C=O) groups is 2. The zero-order valence-corrected chi connectivity index (χ0v) is 48.4. The fourth-order valence-corrected chi connectivity index (χ4v) is 10.3. The predicted molar refractivity (Wildman–Crippen MR) is 296 cm³/mol. The summed E-state index contributed by atoms with van der Waals surface area (Å²) in [4.78, 5) is 45.5. The maximum absolute atomic E-state index is 12.4. The molecular weight excluding hydrogens is 873 g/mol. The van der Waals surface area contributed by atoms with Crippen LogP contribution in [0.15, 0.2) is 0 Å². The van der Waals surface area contributed by atoms with Gasteiger partial charge in [0.15, 0.2) is 0 Å². The van der Waals surface area contributed by atoms with Gasteiger partial charge in [0, 0.05) is 0 Å². The van der Waals surface area contributed by atoms with Gasteiger partial charge in [0.25, 0.3) is 0 Å². The van der Waals surface area contributed by atoms with E-state index in [2.05, 4.69) is 27.7 Å². The maximum Gasteiger partial charge on any atom is 0.456 e. The molecule has 2 unspecified atom stereocenters. The van der Waals surface area contributed by atoms with Gasteiger partial charge in [-0.1, -0.05) is 310 Å². The molecule has 0 aliphatic carbocycles. The Morgan fingerprint density at radius 2 is 0.443 bits per heavy atom. The van der Waals surface area contributed by atoms with Crippen LogP contribution in [0.4, 0.5) is 0 Å². The molecule has 0 saturated heterocycles. The summed E-state index contributed by atoms with van der Waals surface area (Å²) in [5.74, 6) is -2.31. The summed E-state index contributed by atoms with van der Waals surface area (Å²) >= 11 is 0. The predicted octanol–water partition coefficient (Wildman–Crippen LogP) is 21.4. The average molecular weight is 996 g/mol. The number of carbonyl (C=O) groups excluding carboxylic acids is 2. The Hall–Kier alpha value is -1.22. The molecule has 0 heterocycles. The Labute approximate surface area is 436 Å². The molecule has 0 fully saturated rings. The standard InChI is InChI=1S/C62H122O8/c1-9-13-17-19-21-23-25-27-29-31-33-35-37-39-41-43-45-47-49-51-55-57(53-15-11-3)61(5,6)67-69-65-59(63)60(64)66-70-68-62(7,8)58(54-16-12-4)56-52-50-48-46-44-42-40-38-36-34-32-30-28-26-24-22-20-18-14-10-2/h57-58H,9-56H2,1-8H3. The van der Waals surface area contributed by atoms with Gasteiger partial charge in [-0.05, 0) is 75.3 Å². The van der Waals surface area contributed by atoms with Crippen LogP contribution in [0.2, 0.25) is 0 Å². The largest absolute Gasteiger partial charge is 0.456 e. The number of rotatable bonds is 56. The smallest absolute Gasteiger partial charge is 0.255 e. The minimum atomic E-state index is -1.37. The first-order valence-electron chi connectivity index (χ1n) is 31.2. The van der Waals surface area contributed by atoms with Crippen molar-refractivity contribution in [1.29, 1.82) is 0 Å². The number of hydrogen-bond donors (Lipinski definition) is 0. The fourth-order valence-electron chi connectivity index (χ4n) is 10.3. The molecule has 2 atom stereocenters. The minimum absolute atomic E-state index is 0.219. The van der Waals surface area contributed by atoms with Crippen LogP contribution >= 0.6 is 0 Å². The van der Waals surface area contributed by atoms with E-state index in [0.717, 1.165) is 64.2 Å². The Kier molecular flexibility index (Phi) is 50.4. The lowest BCUT2D eigenvalue weighted by Crippen LogP contribution is -2.36. The molecule has 70 heavy (non-hydrogen) atoms. The summed E-state index contributed by atoms with van der Waals surface area (Å²) in [6.07, 6.45) is 63.1. The van der Waals surface area contributed by atoms with Gasteiger partial charge >= 0.3 is 11.9 Å².